The Hall–Kier alpha value is -5.43. The average molecular weight is 774 g/mol. The van der Waals surface area contributed by atoms with Gasteiger partial charge in [0.2, 0.25) is 11.6 Å². The molecule has 9 heteroatoms. The Morgan fingerprint density at radius 2 is 0.857 bits per heavy atom. The maximum atomic E-state index is 7.32. The van der Waals surface area contributed by atoms with Crippen molar-refractivity contribution in [2.24, 2.45) is 0 Å². The van der Waals surface area contributed by atoms with E-state index in [9.17, 15) is 0 Å². The summed E-state index contributed by atoms with van der Waals surface area (Å²) in [5, 5.41) is 7.32. The van der Waals surface area contributed by atoms with Crippen molar-refractivity contribution in [2.75, 3.05) is 0 Å². The van der Waals surface area contributed by atoms with Crippen LogP contribution in [0, 0.1) is 11.3 Å². The highest BCUT2D eigenvalue weighted by Gasteiger charge is 2.18. The summed E-state index contributed by atoms with van der Waals surface area (Å²) in [6.45, 7) is 3.13. The number of halogens is 2. The van der Waals surface area contributed by atoms with Crippen molar-refractivity contribution in [3.8, 4) is 17.7 Å². The van der Waals surface area contributed by atoms with E-state index in [2.05, 4.69) is 138 Å². The first-order valence-corrected chi connectivity index (χ1v) is 15.5. The molecule has 244 valence electrons. The zero-order chi connectivity index (χ0) is 32.3. The number of nitriles is 1. The minimum Gasteiger partial charge on any atom is -1.00 e. The SMILES string of the molecule is CC#N.[Br-].[Br-].c1ccc(C[n+]2cn(-c3ccccn3)c3ccccc32)cc1.c1ccc(C[n+]2cn(-c3ccccn3)c3ccccc32)cc1. The average Bonchev–Trinajstić information content (AvgIpc) is 3.69. The van der Waals surface area contributed by atoms with E-state index in [4.69, 9.17) is 5.26 Å². The van der Waals surface area contributed by atoms with Crippen molar-refractivity contribution >= 4 is 22.1 Å². The zero-order valence-electron chi connectivity index (χ0n) is 27.0. The van der Waals surface area contributed by atoms with Crippen LogP contribution >= 0.6 is 0 Å². The number of para-hydroxylation sites is 4. The lowest BCUT2D eigenvalue weighted by Crippen LogP contribution is -3.00. The molecule has 0 saturated carbocycles. The number of aromatic nitrogens is 6. The van der Waals surface area contributed by atoms with Crippen molar-refractivity contribution in [2.45, 2.75) is 20.0 Å². The predicted octanol–water partition coefficient (Wildman–Crippen LogP) is 1.26. The van der Waals surface area contributed by atoms with Gasteiger partial charge >= 0.3 is 0 Å². The van der Waals surface area contributed by atoms with E-state index >= 15 is 0 Å². The maximum absolute atomic E-state index is 7.32. The highest BCUT2D eigenvalue weighted by molar-refractivity contribution is 5.74. The molecule has 0 aliphatic rings. The zero-order valence-corrected chi connectivity index (χ0v) is 30.1. The molecule has 0 atom stereocenters. The molecule has 4 aromatic heterocycles. The van der Waals surface area contributed by atoms with Gasteiger partial charge < -0.3 is 34.0 Å². The van der Waals surface area contributed by atoms with E-state index in [0.717, 1.165) is 35.8 Å². The third-order valence-electron chi connectivity index (χ3n) is 7.59. The molecule has 0 fully saturated rings. The molecule has 4 heterocycles. The molecule has 0 N–H and O–H groups in total. The lowest BCUT2D eigenvalue weighted by molar-refractivity contribution is -0.663. The van der Waals surface area contributed by atoms with Gasteiger partial charge in [-0.15, -0.1) is 0 Å². The Labute approximate surface area is 307 Å². The summed E-state index contributed by atoms with van der Waals surface area (Å²) in [4.78, 5) is 8.94. The number of benzene rings is 4. The van der Waals surface area contributed by atoms with Crippen LogP contribution in [0.25, 0.3) is 33.7 Å². The standard InChI is InChI=1S/2C19H16N3.C2H3N.2BrH/c2*1-2-8-16(9-3-1)14-21-15-22(19-12-6-7-13-20-19)18-11-5-4-10-17(18)21;1-2-3;;/h2*1-13,15H,14H2;1H3;2*1H/q2*+1;;;/p-2. The van der Waals surface area contributed by atoms with Gasteiger partial charge in [-0.1, -0.05) is 97.1 Å². The van der Waals surface area contributed by atoms with Crippen molar-refractivity contribution in [1.82, 2.24) is 19.1 Å². The van der Waals surface area contributed by atoms with Crippen molar-refractivity contribution in [3.63, 3.8) is 0 Å². The quantitative estimate of drug-likeness (QED) is 0.240. The molecular weight excluding hydrogens is 738 g/mol. The van der Waals surface area contributed by atoms with Crippen LogP contribution < -0.4 is 43.1 Å². The van der Waals surface area contributed by atoms with Crippen LogP contribution in [0.2, 0.25) is 0 Å². The minimum atomic E-state index is 0. The number of imidazole rings is 2. The molecule has 0 radical (unpaired) electrons. The normalized spacial score (nSPS) is 9.96. The molecule has 8 rings (SSSR count). The largest absolute Gasteiger partial charge is 1.00 e. The minimum absolute atomic E-state index is 0. The number of pyridine rings is 2. The lowest BCUT2D eigenvalue weighted by atomic mass is 10.2. The number of nitrogens with zero attached hydrogens (tertiary/aromatic N) is 7. The highest BCUT2D eigenvalue weighted by atomic mass is 79.9. The number of fused-ring (bicyclic) bond motifs is 2. The molecule has 8 aromatic rings. The van der Waals surface area contributed by atoms with Crippen LogP contribution in [-0.4, -0.2) is 19.1 Å². The van der Waals surface area contributed by atoms with E-state index in [-0.39, 0.29) is 34.0 Å². The number of hydrogen-bond acceptors (Lipinski definition) is 3. The van der Waals surface area contributed by atoms with Crippen LogP contribution in [0.5, 0.6) is 0 Å². The summed E-state index contributed by atoms with van der Waals surface area (Å²) >= 11 is 0. The summed E-state index contributed by atoms with van der Waals surface area (Å²) in [7, 11) is 0. The monoisotopic (exact) mass is 771 g/mol. The van der Waals surface area contributed by atoms with Crippen LogP contribution in [0.4, 0.5) is 0 Å². The van der Waals surface area contributed by atoms with E-state index in [1.165, 1.54) is 29.1 Å². The second-order valence-corrected chi connectivity index (χ2v) is 10.8. The molecule has 49 heavy (non-hydrogen) atoms. The maximum Gasteiger partial charge on any atom is 0.251 e. The molecule has 7 nitrogen and oxygen atoms in total. The summed E-state index contributed by atoms with van der Waals surface area (Å²) in [6, 6.07) is 51.6. The molecular formula is C40H35Br2N7. The Morgan fingerprint density at radius 1 is 0.510 bits per heavy atom. The fourth-order valence-corrected chi connectivity index (χ4v) is 5.52. The van der Waals surface area contributed by atoms with Crippen LogP contribution in [-0.2, 0) is 13.1 Å². The van der Waals surface area contributed by atoms with Gasteiger partial charge in [0.25, 0.3) is 12.7 Å². The van der Waals surface area contributed by atoms with E-state index in [1.54, 1.807) is 6.07 Å². The van der Waals surface area contributed by atoms with Crippen LogP contribution in [0.3, 0.4) is 0 Å². The van der Waals surface area contributed by atoms with Crippen molar-refractivity contribution in [1.29, 1.82) is 5.26 Å². The highest BCUT2D eigenvalue weighted by Crippen LogP contribution is 2.17. The summed E-state index contributed by atoms with van der Waals surface area (Å²) in [5.41, 5.74) is 7.32. The first-order chi connectivity index (χ1) is 23.2. The van der Waals surface area contributed by atoms with Gasteiger partial charge in [-0.2, -0.15) is 14.4 Å². The van der Waals surface area contributed by atoms with E-state index in [1.807, 2.05) is 60.9 Å². The molecule has 0 unspecified atom stereocenters. The Bertz CT molecular complexity index is 2060. The number of rotatable bonds is 6. The topological polar surface area (TPSA) is 67.2 Å². The fraction of sp³-hybridized carbons (Fsp3) is 0.0750. The third kappa shape index (κ3) is 8.93. The Morgan fingerprint density at radius 3 is 1.22 bits per heavy atom. The van der Waals surface area contributed by atoms with Gasteiger partial charge in [0.05, 0.1) is 6.07 Å². The Kier molecular flexibility index (Phi) is 13.5. The van der Waals surface area contributed by atoms with Crippen molar-refractivity contribution < 1.29 is 43.1 Å². The molecule has 0 amide bonds. The van der Waals surface area contributed by atoms with Gasteiger partial charge in [0, 0.05) is 31.5 Å². The first kappa shape index (κ1) is 36.4. The van der Waals surface area contributed by atoms with Gasteiger partial charge in [-0.3, -0.25) is 0 Å². The second-order valence-electron chi connectivity index (χ2n) is 10.8. The molecule has 4 aromatic carbocycles. The molecule has 0 spiro atoms. The summed E-state index contributed by atoms with van der Waals surface area (Å²) in [5.74, 6) is 1.87. The van der Waals surface area contributed by atoms with E-state index < -0.39 is 0 Å². The summed E-state index contributed by atoms with van der Waals surface area (Å²) < 4.78 is 8.80. The molecule has 0 aliphatic heterocycles. The smallest absolute Gasteiger partial charge is 0.251 e. The molecule has 0 aliphatic carbocycles. The van der Waals surface area contributed by atoms with Gasteiger partial charge in [-0.25, -0.2) is 19.1 Å². The first-order valence-electron chi connectivity index (χ1n) is 15.5. The van der Waals surface area contributed by atoms with Crippen LogP contribution in [0.1, 0.15) is 18.1 Å². The third-order valence-corrected chi connectivity index (χ3v) is 7.59. The van der Waals surface area contributed by atoms with Gasteiger partial charge in [-0.05, 0) is 47.5 Å². The number of hydrogen-bond donors (Lipinski definition) is 0. The van der Waals surface area contributed by atoms with Crippen LogP contribution in [0.15, 0.2) is 171 Å². The Balaban J connectivity index is 0.000000197. The van der Waals surface area contributed by atoms with Gasteiger partial charge in [0.1, 0.15) is 13.1 Å². The molecule has 0 saturated heterocycles. The van der Waals surface area contributed by atoms with E-state index in [0.29, 0.717) is 0 Å². The second kappa shape index (κ2) is 18.2. The lowest BCUT2D eigenvalue weighted by Gasteiger charge is -1.97. The van der Waals surface area contributed by atoms with Gasteiger partial charge in [0.15, 0.2) is 22.1 Å². The molecule has 0 bridgehead atoms. The van der Waals surface area contributed by atoms with Crippen molar-refractivity contribution in [3.05, 3.63) is 182 Å². The predicted molar refractivity (Wildman–Crippen MR) is 185 cm³/mol. The fourth-order valence-electron chi connectivity index (χ4n) is 5.52. The summed E-state index contributed by atoms with van der Waals surface area (Å²) in [6.07, 6.45) is 7.90.